The lowest BCUT2D eigenvalue weighted by Crippen LogP contribution is -1.99. The Kier molecular flexibility index (Phi) is 3.66. The summed E-state index contributed by atoms with van der Waals surface area (Å²) in [5, 5.41) is 9.45. The van der Waals surface area contributed by atoms with E-state index in [0.29, 0.717) is 17.1 Å². The minimum Gasteiger partial charge on any atom is -0.478 e. The van der Waals surface area contributed by atoms with E-state index in [-0.39, 0.29) is 12.4 Å². The minimum absolute atomic E-state index is 0.163. The molecule has 4 nitrogen and oxygen atoms in total. The van der Waals surface area contributed by atoms with Crippen molar-refractivity contribution in [2.24, 2.45) is 0 Å². The number of fused-ring (bicyclic) bond motifs is 1. The Morgan fingerprint density at radius 2 is 1.95 bits per heavy atom. The summed E-state index contributed by atoms with van der Waals surface area (Å²) in [5.74, 6) is 0.202. The maximum Gasteiger partial charge on any atom is 0.336 e. The summed E-state index contributed by atoms with van der Waals surface area (Å²) in [6.07, 6.45) is 1.63. The van der Waals surface area contributed by atoms with Gasteiger partial charge in [-0.1, -0.05) is 34.1 Å². The van der Waals surface area contributed by atoms with Crippen molar-refractivity contribution in [3.05, 3.63) is 58.1 Å². The van der Waals surface area contributed by atoms with E-state index in [1.54, 1.807) is 24.3 Å². The van der Waals surface area contributed by atoms with Gasteiger partial charge in [0.05, 0.1) is 5.57 Å². The molecule has 0 atom stereocenters. The highest BCUT2D eigenvalue weighted by atomic mass is 79.9. The van der Waals surface area contributed by atoms with Gasteiger partial charge < -0.3 is 14.6 Å². The average molecular weight is 347 g/mol. The van der Waals surface area contributed by atoms with E-state index in [2.05, 4.69) is 15.9 Å². The van der Waals surface area contributed by atoms with Crippen LogP contribution >= 0.6 is 15.9 Å². The fourth-order valence-electron chi connectivity index (χ4n) is 2.10. The molecule has 1 N–H and O–H groups in total. The summed E-state index contributed by atoms with van der Waals surface area (Å²) in [7, 11) is 0. The van der Waals surface area contributed by atoms with Gasteiger partial charge in [-0.15, -0.1) is 0 Å². The highest BCUT2D eigenvalue weighted by molar-refractivity contribution is 9.10. The Hall–Kier alpha value is -2.27. The van der Waals surface area contributed by atoms with Crippen molar-refractivity contribution in [2.45, 2.75) is 0 Å². The molecule has 2 aromatic carbocycles. The smallest absolute Gasteiger partial charge is 0.336 e. The van der Waals surface area contributed by atoms with Crippen molar-refractivity contribution >= 4 is 33.5 Å². The summed E-state index contributed by atoms with van der Waals surface area (Å²) < 4.78 is 11.4. The van der Waals surface area contributed by atoms with Gasteiger partial charge in [-0.05, 0) is 41.5 Å². The Morgan fingerprint density at radius 3 is 2.71 bits per heavy atom. The number of aliphatic carboxylic acids is 1. The number of hydrogen-bond acceptors (Lipinski definition) is 3. The Bertz CT molecular complexity index is 737. The van der Waals surface area contributed by atoms with Gasteiger partial charge in [0.15, 0.2) is 11.5 Å². The molecule has 1 heterocycles. The summed E-state index contributed by atoms with van der Waals surface area (Å²) >= 11 is 3.37. The Labute approximate surface area is 129 Å². The minimum atomic E-state index is -0.992. The Morgan fingerprint density at radius 1 is 1.14 bits per heavy atom. The first-order valence-corrected chi connectivity index (χ1v) is 7.03. The van der Waals surface area contributed by atoms with Gasteiger partial charge in [0.1, 0.15) is 0 Å². The fourth-order valence-corrected chi connectivity index (χ4v) is 2.51. The van der Waals surface area contributed by atoms with Crippen LogP contribution in [0.15, 0.2) is 46.9 Å². The van der Waals surface area contributed by atoms with Crippen LogP contribution < -0.4 is 9.47 Å². The molecule has 1 aliphatic heterocycles. The summed E-state index contributed by atoms with van der Waals surface area (Å²) in [6.45, 7) is 0.163. The second-order valence-corrected chi connectivity index (χ2v) is 5.40. The molecule has 5 heteroatoms. The number of carboxylic acids is 1. The molecule has 0 radical (unpaired) electrons. The summed E-state index contributed by atoms with van der Waals surface area (Å²) in [4.78, 5) is 11.5. The normalized spacial score (nSPS) is 13.3. The number of carboxylic acid groups (broad SMARTS) is 1. The van der Waals surface area contributed by atoms with Crippen molar-refractivity contribution in [1.82, 2.24) is 0 Å². The molecule has 1 aliphatic rings. The predicted octanol–water partition coefficient (Wildman–Crippen LogP) is 3.80. The largest absolute Gasteiger partial charge is 0.478 e. The summed E-state index contributed by atoms with van der Waals surface area (Å²) in [6, 6.07) is 12.6. The molecule has 0 spiro atoms. The van der Waals surface area contributed by atoms with Gasteiger partial charge in [0.25, 0.3) is 0 Å². The molecule has 3 rings (SSSR count). The highest BCUT2D eigenvalue weighted by Gasteiger charge is 2.17. The average Bonchev–Trinajstić information content (AvgIpc) is 2.92. The zero-order valence-electron chi connectivity index (χ0n) is 10.9. The first-order valence-electron chi connectivity index (χ1n) is 6.24. The second kappa shape index (κ2) is 5.61. The van der Waals surface area contributed by atoms with Crippen molar-refractivity contribution in [2.75, 3.05) is 6.79 Å². The molecular weight excluding hydrogens is 336 g/mol. The zero-order chi connectivity index (χ0) is 14.8. The third kappa shape index (κ3) is 2.92. The molecule has 21 heavy (non-hydrogen) atoms. The van der Waals surface area contributed by atoms with Gasteiger partial charge in [0.2, 0.25) is 6.79 Å². The van der Waals surface area contributed by atoms with Gasteiger partial charge in [-0.2, -0.15) is 0 Å². The first-order chi connectivity index (χ1) is 10.1. The van der Waals surface area contributed by atoms with Crippen molar-refractivity contribution in [3.8, 4) is 11.5 Å². The van der Waals surface area contributed by atoms with E-state index in [9.17, 15) is 9.90 Å². The molecule has 106 valence electrons. The molecule has 0 aromatic heterocycles. The molecule has 0 amide bonds. The molecule has 2 aromatic rings. The van der Waals surface area contributed by atoms with Crippen LogP contribution in [0.4, 0.5) is 0 Å². The number of carbonyl (C=O) groups is 1. The molecule has 0 saturated carbocycles. The lowest BCUT2D eigenvalue weighted by atomic mass is 10.0. The molecule has 0 fully saturated rings. The van der Waals surface area contributed by atoms with Crippen LogP contribution in [-0.4, -0.2) is 17.9 Å². The predicted molar refractivity (Wildman–Crippen MR) is 82.2 cm³/mol. The van der Waals surface area contributed by atoms with Crippen LogP contribution in [0.25, 0.3) is 11.6 Å². The number of hydrogen-bond donors (Lipinski definition) is 1. The molecule has 0 saturated heterocycles. The lowest BCUT2D eigenvalue weighted by molar-refractivity contribution is -0.130. The van der Waals surface area contributed by atoms with Crippen LogP contribution in [0.5, 0.6) is 11.5 Å². The van der Waals surface area contributed by atoms with E-state index in [4.69, 9.17) is 9.47 Å². The highest BCUT2D eigenvalue weighted by Crippen LogP contribution is 2.35. The van der Waals surface area contributed by atoms with Crippen LogP contribution in [0.3, 0.4) is 0 Å². The van der Waals surface area contributed by atoms with E-state index in [1.807, 2.05) is 24.3 Å². The molecule has 0 aliphatic carbocycles. The standard InChI is InChI=1S/C16H11BrO4/c17-12-3-1-2-10(6-12)7-13(16(18)19)11-4-5-14-15(8-11)21-9-20-14/h1-8H,9H2,(H,18,19)/b13-7-. The van der Waals surface area contributed by atoms with E-state index in [0.717, 1.165) is 10.0 Å². The number of ether oxygens (including phenoxy) is 2. The van der Waals surface area contributed by atoms with Crippen molar-refractivity contribution < 1.29 is 19.4 Å². The maximum atomic E-state index is 11.5. The Balaban J connectivity index is 2.04. The summed E-state index contributed by atoms with van der Waals surface area (Å²) in [5.41, 5.74) is 1.58. The van der Waals surface area contributed by atoms with Gasteiger partial charge in [0, 0.05) is 4.47 Å². The van der Waals surface area contributed by atoms with Crippen molar-refractivity contribution in [3.63, 3.8) is 0 Å². The maximum absolute atomic E-state index is 11.5. The van der Waals surface area contributed by atoms with Crippen LogP contribution in [-0.2, 0) is 4.79 Å². The first kappa shape index (κ1) is 13.7. The third-order valence-electron chi connectivity index (χ3n) is 3.07. The molecular formula is C16H11BrO4. The van der Waals surface area contributed by atoms with Gasteiger partial charge in [-0.3, -0.25) is 0 Å². The lowest BCUT2D eigenvalue weighted by Gasteiger charge is -2.05. The fraction of sp³-hybridized carbons (Fsp3) is 0.0625. The van der Waals surface area contributed by atoms with Gasteiger partial charge >= 0.3 is 5.97 Å². The monoisotopic (exact) mass is 346 g/mol. The molecule has 0 bridgehead atoms. The van der Waals surface area contributed by atoms with Crippen LogP contribution in [0, 0.1) is 0 Å². The quantitative estimate of drug-likeness (QED) is 0.678. The van der Waals surface area contributed by atoms with Crippen LogP contribution in [0.2, 0.25) is 0 Å². The second-order valence-electron chi connectivity index (χ2n) is 4.49. The van der Waals surface area contributed by atoms with Crippen LogP contribution in [0.1, 0.15) is 11.1 Å². The van der Waals surface area contributed by atoms with Crippen molar-refractivity contribution in [1.29, 1.82) is 0 Å². The SMILES string of the molecule is O=C(O)/C(=C\c1cccc(Br)c1)c1ccc2c(c1)OCO2. The van der Waals surface area contributed by atoms with E-state index >= 15 is 0 Å². The van der Waals surface area contributed by atoms with E-state index < -0.39 is 5.97 Å². The zero-order valence-corrected chi connectivity index (χ0v) is 12.5. The number of rotatable bonds is 3. The third-order valence-corrected chi connectivity index (χ3v) is 3.57. The van der Waals surface area contributed by atoms with E-state index in [1.165, 1.54) is 0 Å². The molecule has 0 unspecified atom stereocenters. The topological polar surface area (TPSA) is 55.8 Å². The number of halogens is 1. The van der Waals surface area contributed by atoms with Gasteiger partial charge in [-0.25, -0.2) is 4.79 Å². The number of benzene rings is 2.